The van der Waals surface area contributed by atoms with Gasteiger partial charge in [-0.15, -0.1) is 0 Å². The van der Waals surface area contributed by atoms with Gasteiger partial charge in [0.2, 0.25) is 0 Å². The van der Waals surface area contributed by atoms with Crippen LogP contribution in [0.15, 0.2) is 50.2 Å². The SMILES string of the molecule is CC(C)OC(=O)CN1C(=O)S/C(=C/c2cc(Br)c(OCc3ccc([N+](=O)[O-])cc3)c(Br)c2)C1=O. The summed E-state index contributed by atoms with van der Waals surface area (Å²) in [4.78, 5) is 48.0. The Morgan fingerprint density at radius 3 is 2.35 bits per heavy atom. The van der Waals surface area contributed by atoms with Gasteiger partial charge in [0.25, 0.3) is 16.8 Å². The van der Waals surface area contributed by atoms with Crippen molar-refractivity contribution in [2.45, 2.75) is 26.6 Å². The second kappa shape index (κ2) is 11.2. The van der Waals surface area contributed by atoms with E-state index in [1.165, 1.54) is 12.1 Å². The molecule has 1 fully saturated rings. The van der Waals surface area contributed by atoms with E-state index < -0.39 is 28.6 Å². The number of thioether (sulfide) groups is 1. The van der Waals surface area contributed by atoms with E-state index in [4.69, 9.17) is 9.47 Å². The molecule has 2 aromatic carbocycles. The predicted molar refractivity (Wildman–Crippen MR) is 133 cm³/mol. The van der Waals surface area contributed by atoms with E-state index in [0.29, 0.717) is 20.3 Å². The van der Waals surface area contributed by atoms with Gasteiger partial charge in [-0.2, -0.15) is 0 Å². The molecule has 0 N–H and O–H groups in total. The van der Waals surface area contributed by atoms with Crippen LogP contribution in [0, 0.1) is 10.1 Å². The minimum absolute atomic E-state index is 0.00306. The fourth-order valence-corrected chi connectivity index (χ4v) is 5.18. The lowest BCUT2D eigenvalue weighted by molar-refractivity contribution is -0.384. The van der Waals surface area contributed by atoms with Crippen LogP contribution in [0.25, 0.3) is 6.08 Å². The van der Waals surface area contributed by atoms with Gasteiger partial charge in [-0.1, -0.05) is 0 Å². The summed E-state index contributed by atoms with van der Waals surface area (Å²) < 4.78 is 12.0. The molecule has 2 aromatic rings. The molecular weight excluding hydrogens is 596 g/mol. The van der Waals surface area contributed by atoms with Crippen LogP contribution in [0.4, 0.5) is 10.5 Å². The minimum Gasteiger partial charge on any atom is -0.487 e. The van der Waals surface area contributed by atoms with Gasteiger partial charge in [0, 0.05) is 12.1 Å². The van der Waals surface area contributed by atoms with Crippen LogP contribution in [0.3, 0.4) is 0 Å². The largest absolute Gasteiger partial charge is 0.487 e. The highest BCUT2D eigenvalue weighted by molar-refractivity contribution is 9.11. The molecule has 3 rings (SSSR count). The number of nitrogens with zero attached hydrogens (tertiary/aromatic N) is 2. The molecule has 0 spiro atoms. The zero-order chi connectivity index (χ0) is 25.0. The van der Waals surface area contributed by atoms with E-state index in [0.717, 1.165) is 22.2 Å². The molecule has 1 aliphatic heterocycles. The summed E-state index contributed by atoms with van der Waals surface area (Å²) in [7, 11) is 0. The maximum Gasteiger partial charge on any atom is 0.326 e. The van der Waals surface area contributed by atoms with Gasteiger partial charge in [0.1, 0.15) is 18.9 Å². The Labute approximate surface area is 215 Å². The van der Waals surface area contributed by atoms with Crippen LogP contribution in [0.2, 0.25) is 0 Å². The number of hydrogen-bond donors (Lipinski definition) is 0. The van der Waals surface area contributed by atoms with Crippen molar-refractivity contribution in [1.82, 2.24) is 4.90 Å². The number of carbonyl (C=O) groups is 3. The summed E-state index contributed by atoms with van der Waals surface area (Å²) in [6.07, 6.45) is 1.20. The normalized spacial score (nSPS) is 14.7. The first-order chi connectivity index (χ1) is 16.0. The van der Waals surface area contributed by atoms with E-state index in [2.05, 4.69) is 31.9 Å². The van der Waals surface area contributed by atoms with Gasteiger partial charge in [-0.25, -0.2) is 0 Å². The monoisotopic (exact) mass is 612 g/mol. The number of ether oxygens (including phenoxy) is 2. The Morgan fingerprint density at radius 1 is 1.18 bits per heavy atom. The highest BCUT2D eigenvalue weighted by Crippen LogP contribution is 2.38. The number of imide groups is 1. The van der Waals surface area contributed by atoms with Crippen molar-refractivity contribution in [3.05, 3.63) is 71.5 Å². The number of rotatable bonds is 8. The predicted octanol–water partition coefficient (Wildman–Crippen LogP) is 5.69. The molecule has 0 atom stereocenters. The first-order valence-electron chi connectivity index (χ1n) is 9.85. The number of carbonyl (C=O) groups excluding carboxylic acids is 3. The van der Waals surface area contributed by atoms with Crippen LogP contribution in [0.5, 0.6) is 5.75 Å². The van der Waals surface area contributed by atoms with Crippen molar-refractivity contribution < 1.29 is 28.8 Å². The molecule has 1 heterocycles. The molecule has 178 valence electrons. The molecule has 1 aliphatic rings. The standard InChI is InChI=1S/C22H18Br2N2O7S/c1-12(2)33-19(27)10-25-21(28)18(34-22(25)29)9-14-7-16(23)20(17(24)8-14)32-11-13-3-5-15(6-4-13)26(30)31/h3-9,12H,10-11H2,1-2H3/b18-9+. The third kappa shape index (κ3) is 6.45. The minimum atomic E-state index is -0.654. The highest BCUT2D eigenvalue weighted by Gasteiger charge is 2.36. The van der Waals surface area contributed by atoms with Crippen molar-refractivity contribution in [2.75, 3.05) is 6.54 Å². The Bertz CT molecular complexity index is 1160. The second-order valence-corrected chi connectivity index (χ2v) is 10.0. The summed E-state index contributed by atoms with van der Waals surface area (Å²) in [5.74, 6) is -0.722. The lowest BCUT2D eigenvalue weighted by Gasteiger charge is -2.13. The Balaban J connectivity index is 1.71. The molecular formula is C22H18Br2N2O7S. The molecule has 9 nitrogen and oxygen atoms in total. The summed E-state index contributed by atoms with van der Waals surface area (Å²) in [5, 5.41) is 10.2. The van der Waals surface area contributed by atoms with Crippen molar-refractivity contribution >= 4 is 72.5 Å². The van der Waals surface area contributed by atoms with Crippen LogP contribution in [0.1, 0.15) is 25.0 Å². The lowest BCUT2D eigenvalue weighted by atomic mass is 10.2. The smallest absolute Gasteiger partial charge is 0.326 e. The zero-order valence-corrected chi connectivity index (χ0v) is 21.9. The van der Waals surface area contributed by atoms with E-state index in [1.54, 1.807) is 44.2 Å². The van der Waals surface area contributed by atoms with Crippen LogP contribution >= 0.6 is 43.6 Å². The molecule has 0 aliphatic carbocycles. The number of amides is 2. The number of benzene rings is 2. The molecule has 34 heavy (non-hydrogen) atoms. The molecule has 2 amide bonds. The average Bonchev–Trinajstić information content (AvgIpc) is 3.00. The van der Waals surface area contributed by atoms with Gasteiger partial charge in [0.05, 0.1) is 24.9 Å². The lowest BCUT2D eigenvalue weighted by Crippen LogP contribution is -2.35. The maximum atomic E-state index is 12.6. The second-order valence-electron chi connectivity index (χ2n) is 7.33. The molecule has 12 heteroatoms. The molecule has 1 saturated heterocycles. The van der Waals surface area contributed by atoms with Gasteiger partial charge < -0.3 is 9.47 Å². The summed E-state index contributed by atoms with van der Waals surface area (Å²) in [6, 6.07) is 9.47. The average molecular weight is 614 g/mol. The van der Waals surface area contributed by atoms with Gasteiger partial charge in [-0.3, -0.25) is 29.4 Å². The number of non-ortho nitro benzene ring substituents is 1. The maximum absolute atomic E-state index is 12.6. The molecule has 0 saturated carbocycles. The first kappa shape index (κ1) is 25.9. The van der Waals surface area contributed by atoms with Crippen LogP contribution < -0.4 is 4.74 Å². The molecule has 0 radical (unpaired) electrons. The number of hydrogen-bond acceptors (Lipinski definition) is 8. The van der Waals surface area contributed by atoms with Gasteiger partial charge in [0.15, 0.2) is 0 Å². The van der Waals surface area contributed by atoms with E-state index in [-0.39, 0.29) is 23.3 Å². The number of esters is 1. The van der Waals surface area contributed by atoms with Crippen LogP contribution in [-0.4, -0.2) is 39.6 Å². The molecule has 0 bridgehead atoms. The number of nitro benzene ring substituents is 1. The van der Waals surface area contributed by atoms with Crippen LogP contribution in [-0.2, 0) is 20.9 Å². The topological polar surface area (TPSA) is 116 Å². The van der Waals surface area contributed by atoms with E-state index in [1.807, 2.05) is 0 Å². The molecule has 0 unspecified atom stereocenters. The fraction of sp³-hybridized carbons (Fsp3) is 0.227. The van der Waals surface area contributed by atoms with Crippen molar-refractivity contribution in [3.8, 4) is 5.75 Å². The van der Waals surface area contributed by atoms with E-state index in [9.17, 15) is 24.5 Å². The first-order valence-corrected chi connectivity index (χ1v) is 12.3. The Morgan fingerprint density at radius 2 is 1.79 bits per heavy atom. The van der Waals surface area contributed by atoms with Crippen molar-refractivity contribution in [2.24, 2.45) is 0 Å². The Kier molecular flexibility index (Phi) is 8.50. The van der Waals surface area contributed by atoms with Crippen molar-refractivity contribution in [1.29, 1.82) is 0 Å². The zero-order valence-electron chi connectivity index (χ0n) is 17.9. The highest BCUT2D eigenvalue weighted by atomic mass is 79.9. The Hall–Kier alpha value is -2.70. The summed E-state index contributed by atoms with van der Waals surface area (Å²) in [6.45, 7) is 3.10. The molecule has 0 aromatic heterocycles. The summed E-state index contributed by atoms with van der Waals surface area (Å²) in [5.41, 5.74) is 1.37. The summed E-state index contributed by atoms with van der Waals surface area (Å²) >= 11 is 7.63. The van der Waals surface area contributed by atoms with Gasteiger partial charge >= 0.3 is 5.97 Å². The van der Waals surface area contributed by atoms with E-state index >= 15 is 0 Å². The third-order valence-electron chi connectivity index (χ3n) is 4.38. The third-order valence-corrected chi connectivity index (χ3v) is 6.46. The fourth-order valence-electron chi connectivity index (χ4n) is 2.89. The van der Waals surface area contributed by atoms with Gasteiger partial charge in [-0.05, 0) is 98.9 Å². The number of nitro groups is 1. The van der Waals surface area contributed by atoms with Crippen molar-refractivity contribution in [3.63, 3.8) is 0 Å². The number of halogens is 2. The quantitative estimate of drug-likeness (QED) is 0.161.